The summed E-state index contributed by atoms with van der Waals surface area (Å²) < 4.78 is 35.2. The number of fused-ring (bicyclic) bond motifs is 1. The van der Waals surface area contributed by atoms with Crippen molar-refractivity contribution in [2.45, 2.75) is 72.1 Å². The molecule has 0 bridgehead atoms. The number of anilines is 1. The second-order valence-electron chi connectivity index (χ2n) is 11.9. The van der Waals surface area contributed by atoms with Crippen LogP contribution in [-0.2, 0) is 30.9 Å². The average molecular weight is 592 g/mol. The smallest absolute Gasteiger partial charge is 0.326 e. The number of sulfonamides is 1. The third kappa shape index (κ3) is 8.35. The molecule has 4 heterocycles. The maximum absolute atomic E-state index is 13.0. The number of carbonyl (C=O) groups excluding carboxylic acids is 2. The van der Waals surface area contributed by atoms with Gasteiger partial charge in [-0.1, -0.05) is 13.8 Å². The van der Waals surface area contributed by atoms with Gasteiger partial charge in [0.05, 0.1) is 18.6 Å². The van der Waals surface area contributed by atoms with Crippen LogP contribution in [0.1, 0.15) is 53.9 Å². The SMILES string of the molecule is CC(C)CS(=O)(=O)N[C@@H](Cn1cnc2c(N3CCC(C(=O)NC4=NCCCN4)CC3)ncnc21)C(=O)OC(C)(C)C. The molecule has 1 saturated heterocycles. The highest BCUT2D eigenvalue weighted by atomic mass is 32.2. The van der Waals surface area contributed by atoms with Gasteiger partial charge >= 0.3 is 5.97 Å². The molecule has 1 amide bonds. The Kier molecular flexibility index (Phi) is 9.47. The number of aliphatic imine (C=N–C) groups is 1. The van der Waals surface area contributed by atoms with E-state index in [-0.39, 0.29) is 30.0 Å². The minimum Gasteiger partial charge on any atom is -0.459 e. The Hall–Kier alpha value is -3.33. The fraction of sp³-hybridized carbons (Fsp3) is 0.692. The van der Waals surface area contributed by atoms with E-state index >= 15 is 0 Å². The molecule has 1 atom stereocenters. The van der Waals surface area contributed by atoms with E-state index in [1.165, 1.54) is 12.7 Å². The lowest BCUT2D eigenvalue weighted by Crippen LogP contribution is -2.48. The van der Waals surface area contributed by atoms with Gasteiger partial charge in [0.2, 0.25) is 15.9 Å². The van der Waals surface area contributed by atoms with E-state index in [9.17, 15) is 18.0 Å². The van der Waals surface area contributed by atoms with Gasteiger partial charge in [0.15, 0.2) is 22.9 Å². The van der Waals surface area contributed by atoms with Crippen molar-refractivity contribution in [2.24, 2.45) is 16.8 Å². The Morgan fingerprint density at radius 1 is 1.17 bits per heavy atom. The van der Waals surface area contributed by atoms with E-state index in [1.54, 1.807) is 39.2 Å². The van der Waals surface area contributed by atoms with E-state index < -0.39 is 27.6 Å². The van der Waals surface area contributed by atoms with Gasteiger partial charge in [-0.3, -0.25) is 19.9 Å². The van der Waals surface area contributed by atoms with Crippen LogP contribution in [0.3, 0.4) is 0 Å². The molecule has 1 fully saturated rings. The summed E-state index contributed by atoms with van der Waals surface area (Å²) in [6, 6.07) is -1.17. The summed E-state index contributed by atoms with van der Waals surface area (Å²) in [6.07, 6.45) is 5.19. The van der Waals surface area contributed by atoms with Crippen LogP contribution in [0, 0.1) is 11.8 Å². The van der Waals surface area contributed by atoms with Gasteiger partial charge < -0.3 is 19.5 Å². The third-order valence-electron chi connectivity index (χ3n) is 6.63. The number of nitrogens with one attached hydrogen (secondary N) is 3. The highest BCUT2D eigenvalue weighted by Crippen LogP contribution is 2.27. The Bertz CT molecular complexity index is 1380. The van der Waals surface area contributed by atoms with Crippen molar-refractivity contribution in [1.29, 1.82) is 0 Å². The van der Waals surface area contributed by atoms with Crippen LogP contribution in [0.15, 0.2) is 17.6 Å². The Balaban J connectivity index is 1.48. The first kappa shape index (κ1) is 30.6. The lowest BCUT2D eigenvalue weighted by molar-refractivity contribution is -0.157. The molecule has 0 aromatic carbocycles. The van der Waals surface area contributed by atoms with Crippen LogP contribution in [0.25, 0.3) is 11.2 Å². The minimum atomic E-state index is -3.75. The van der Waals surface area contributed by atoms with Crippen molar-refractivity contribution in [1.82, 2.24) is 34.9 Å². The van der Waals surface area contributed by atoms with Crippen LogP contribution < -0.4 is 20.3 Å². The third-order valence-corrected chi connectivity index (χ3v) is 8.38. The number of hydrogen-bond acceptors (Lipinski definition) is 11. The predicted molar refractivity (Wildman–Crippen MR) is 155 cm³/mol. The van der Waals surface area contributed by atoms with Gasteiger partial charge in [0.1, 0.15) is 18.0 Å². The molecule has 0 radical (unpaired) electrons. The van der Waals surface area contributed by atoms with Gasteiger partial charge in [-0.25, -0.2) is 23.4 Å². The topological polar surface area (TPSA) is 173 Å². The second-order valence-corrected chi connectivity index (χ2v) is 13.7. The molecule has 0 aliphatic carbocycles. The number of aromatic nitrogens is 4. The van der Waals surface area contributed by atoms with Gasteiger partial charge in [-0.15, -0.1) is 0 Å². The standard InChI is InChI=1S/C26H41N9O5S/c1-17(2)14-41(38,39)33-19(24(37)40-26(3,4)5)13-35-16-31-20-21(29-15-30-22(20)35)34-11-7-18(8-12-34)23(36)32-25-27-9-6-10-28-25/h15-19,33H,6-14H2,1-5H3,(H2,27,28,32,36)/t19-/m0/s1. The number of esters is 1. The molecule has 2 aliphatic heterocycles. The molecule has 14 nitrogen and oxygen atoms in total. The highest BCUT2D eigenvalue weighted by molar-refractivity contribution is 7.89. The summed E-state index contributed by atoms with van der Waals surface area (Å²) in [6.45, 7) is 11.4. The van der Waals surface area contributed by atoms with E-state index in [4.69, 9.17) is 4.74 Å². The quantitative estimate of drug-likeness (QED) is 0.354. The summed E-state index contributed by atoms with van der Waals surface area (Å²) in [5.74, 6) is 0.0638. The number of guanidine groups is 1. The van der Waals surface area contributed by atoms with Crippen LogP contribution in [-0.4, -0.2) is 89.3 Å². The van der Waals surface area contributed by atoms with Gasteiger partial charge in [0.25, 0.3) is 0 Å². The number of piperidine rings is 1. The first-order chi connectivity index (χ1) is 19.3. The molecule has 0 spiro atoms. The molecule has 0 unspecified atom stereocenters. The normalized spacial score (nSPS) is 17.7. The summed E-state index contributed by atoms with van der Waals surface area (Å²) in [5, 5.41) is 6.01. The van der Waals surface area contributed by atoms with Crippen molar-refractivity contribution < 1.29 is 22.7 Å². The van der Waals surface area contributed by atoms with Gasteiger partial charge in [-0.05, 0) is 46.0 Å². The zero-order valence-electron chi connectivity index (χ0n) is 24.4. The molecule has 4 rings (SSSR count). The van der Waals surface area contributed by atoms with Crippen molar-refractivity contribution in [2.75, 3.05) is 36.8 Å². The molecule has 226 valence electrons. The number of ether oxygens (including phenoxy) is 1. The van der Waals surface area contributed by atoms with Crippen LogP contribution in [0.5, 0.6) is 0 Å². The molecule has 2 aliphatic rings. The number of hydrogen-bond donors (Lipinski definition) is 3. The molecular formula is C26H41N9O5S. The summed E-state index contributed by atoms with van der Waals surface area (Å²) >= 11 is 0. The lowest BCUT2D eigenvalue weighted by atomic mass is 9.96. The molecule has 41 heavy (non-hydrogen) atoms. The fourth-order valence-corrected chi connectivity index (χ4v) is 6.43. The highest BCUT2D eigenvalue weighted by Gasteiger charge is 2.32. The number of imidazole rings is 1. The average Bonchev–Trinajstić information content (AvgIpc) is 3.30. The fourth-order valence-electron chi connectivity index (χ4n) is 4.86. The molecular weight excluding hydrogens is 550 g/mol. The van der Waals surface area contributed by atoms with Gasteiger partial charge in [-0.2, -0.15) is 4.72 Å². The van der Waals surface area contributed by atoms with Crippen LogP contribution in [0.4, 0.5) is 5.82 Å². The zero-order chi connectivity index (χ0) is 29.8. The summed E-state index contributed by atoms with van der Waals surface area (Å²) in [7, 11) is -3.75. The summed E-state index contributed by atoms with van der Waals surface area (Å²) in [5.41, 5.74) is 0.200. The van der Waals surface area contributed by atoms with Crippen molar-refractivity contribution in [3.63, 3.8) is 0 Å². The molecule has 15 heteroatoms. The Morgan fingerprint density at radius 2 is 1.90 bits per heavy atom. The molecule has 0 saturated carbocycles. The second kappa shape index (κ2) is 12.7. The minimum absolute atomic E-state index is 0.0389. The number of carbonyl (C=O) groups is 2. The zero-order valence-corrected chi connectivity index (χ0v) is 25.2. The van der Waals surface area contributed by atoms with E-state index in [1.807, 2.05) is 0 Å². The molecule has 3 N–H and O–H groups in total. The maximum Gasteiger partial charge on any atom is 0.326 e. The first-order valence-corrected chi connectivity index (χ1v) is 15.7. The van der Waals surface area contributed by atoms with Crippen LogP contribution in [0.2, 0.25) is 0 Å². The number of amides is 1. The largest absolute Gasteiger partial charge is 0.459 e. The molecule has 2 aromatic rings. The summed E-state index contributed by atoms with van der Waals surface area (Å²) in [4.78, 5) is 45.5. The van der Waals surface area contributed by atoms with E-state index in [2.05, 4.69) is 40.2 Å². The molecule has 2 aromatic heterocycles. The van der Waals surface area contributed by atoms with E-state index in [0.717, 1.165) is 13.0 Å². The van der Waals surface area contributed by atoms with Crippen LogP contribution >= 0.6 is 0 Å². The predicted octanol–water partition coefficient (Wildman–Crippen LogP) is 0.794. The van der Waals surface area contributed by atoms with Crippen molar-refractivity contribution in [3.05, 3.63) is 12.7 Å². The maximum atomic E-state index is 13.0. The van der Waals surface area contributed by atoms with Crippen molar-refractivity contribution in [3.8, 4) is 0 Å². The van der Waals surface area contributed by atoms with Crippen molar-refractivity contribution >= 4 is 44.8 Å². The first-order valence-electron chi connectivity index (χ1n) is 14.0. The number of rotatable bonds is 9. The Labute approximate surface area is 240 Å². The van der Waals surface area contributed by atoms with E-state index in [0.29, 0.717) is 55.4 Å². The monoisotopic (exact) mass is 591 g/mol. The van der Waals surface area contributed by atoms with Gasteiger partial charge in [0, 0.05) is 32.1 Å². The Morgan fingerprint density at radius 3 is 2.54 bits per heavy atom. The number of nitrogens with zero attached hydrogens (tertiary/aromatic N) is 6. The lowest BCUT2D eigenvalue weighted by Gasteiger charge is -2.32.